The third kappa shape index (κ3) is 5.60. The van der Waals surface area contributed by atoms with Crippen LogP contribution in [0.2, 0.25) is 0 Å². The summed E-state index contributed by atoms with van der Waals surface area (Å²) in [5.74, 6) is -0.447. The summed E-state index contributed by atoms with van der Waals surface area (Å²) in [6, 6.07) is 10.9. The van der Waals surface area contributed by atoms with Gasteiger partial charge in [-0.05, 0) is 43.2 Å². The van der Waals surface area contributed by atoms with Crippen molar-refractivity contribution < 1.29 is 14.3 Å². The van der Waals surface area contributed by atoms with Crippen LogP contribution >= 0.6 is 0 Å². The Labute approximate surface area is 147 Å². The van der Waals surface area contributed by atoms with Crippen molar-refractivity contribution >= 4 is 17.6 Å². The van der Waals surface area contributed by atoms with Crippen LogP contribution in [-0.2, 0) is 16.0 Å². The average molecular weight is 341 g/mol. The highest BCUT2D eigenvalue weighted by atomic mass is 16.5. The molecule has 1 aromatic carbocycles. The van der Waals surface area contributed by atoms with Crippen LogP contribution < -0.4 is 5.32 Å². The molecule has 0 aliphatic heterocycles. The van der Waals surface area contributed by atoms with E-state index < -0.39 is 5.97 Å². The van der Waals surface area contributed by atoms with Crippen LogP contribution in [0.3, 0.4) is 0 Å². The van der Waals surface area contributed by atoms with Crippen LogP contribution in [0.15, 0.2) is 48.8 Å². The first-order valence-electron chi connectivity index (χ1n) is 8.24. The maximum atomic E-state index is 12.3. The fourth-order valence-corrected chi connectivity index (χ4v) is 2.30. The van der Waals surface area contributed by atoms with Gasteiger partial charge in [-0.25, -0.2) is 4.79 Å². The van der Waals surface area contributed by atoms with Crippen LogP contribution in [0.25, 0.3) is 0 Å². The molecule has 0 aliphatic rings. The quantitative estimate of drug-likeness (QED) is 0.747. The standard InChI is InChI=1S/C19H23N3O3/c1-3-25-19(24)16-6-4-5-7-17(16)21-14-18(23)22(2)13-10-15-8-11-20-12-9-15/h4-9,11-12,21H,3,10,13-14H2,1-2H3. The summed E-state index contributed by atoms with van der Waals surface area (Å²) in [5, 5.41) is 3.03. The van der Waals surface area contributed by atoms with E-state index in [0.29, 0.717) is 24.4 Å². The molecular weight excluding hydrogens is 318 g/mol. The van der Waals surface area contributed by atoms with Gasteiger partial charge in [0.05, 0.1) is 18.7 Å². The molecule has 0 saturated heterocycles. The highest BCUT2D eigenvalue weighted by molar-refractivity contribution is 5.96. The van der Waals surface area contributed by atoms with Crippen molar-refractivity contribution in [3.05, 3.63) is 59.9 Å². The maximum absolute atomic E-state index is 12.3. The fraction of sp³-hybridized carbons (Fsp3) is 0.316. The van der Waals surface area contributed by atoms with Gasteiger partial charge in [0.15, 0.2) is 0 Å². The molecule has 0 unspecified atom stereocenters. The molecule has 0 radical (unpaired) electrons. The van der Waals surface area contributed by atoms with Gasteiger partial charge < -0.3 is 15.0 Å². The van der Waals surface area contributed by atoms with Gasteiger partial charge in [-0.2, -0.15) is 0 Å². The summed E-state index contributed by atoms with van der Waals surface area (Å²) in [6.07, 6.45) is 4.25. The Balaban J connectivity index is 1.88. The van der Waals surface area contributed by atoms with E-state index in [1.54, 1.807) is 49.5 Å². The number of para-hydroxylation sites is 1. The molecule has 6 nitrogen and oxygen atoms in total. The zero-order valence-electron chi connectivity index (χ0n) is 14.6. The van der Waals surface area contributed by atoms with Gasteiger partial charge in [-0.15, -0.1) is 0 Å². The van der Waals surface area contributed by atoms with Gasteiger partial charge in [0.1, 0.15) is 0 Å². The minimum Gasteiger partial charge on any atom is -0.462 e. The molecule has 0 aliphatic carbocycles. The lowest BCUT2D eigenvalue weighted by Gasteiger charge is -2.18. The second-order valence-electron chi connectivity index (χ2n) is 5.54. The van der Waals surface area contributed by atoms with E-state index in [2.05, 4.69) is 10.3 Å². The van der Waals surface area contributed by atoms with Crippen molar-refractivity contribution in [2.24, 2.45) is 0 Å². The number of ether oxygens (including phenoxy) is 1. The predicted octanol–water partition coefficient (Wildman–Crippen LogP) is 2.37. The molecule has 1 N–H and O–H groups in total. The number of esters is 1. The molecule has 0 saturated carbocycles. The van der Waals surface area contributed by atoms with Gasteiger partial charge in [0.25, 0.3) is 0 Å². The molecule has 0 atom stereocenters. The fourth-order valence-electron chi connectivity index (χ4n) is 2.30. The summed E-state index contributed by atoms with van der Waals surface area (Å²) in [7, 11) is 1.77. The highest BCUT2D eigenvalue weighted by Gasteiger charge is 2.14. The van der Waals surface area contributed by atoms with Gasteiger partial charge >= 0.3 is 5.97 Å². The van der Waals surface area contributed by atoms with E-state index in [0.717, 1.165) is 12.0 Å². The van der Waals surface area contributed by atoms with E-state index in [-0.39, 0.29) is 12.5 Å². The second kappa shape index (κ2) is 9.42. The Morgan fingerprint density at radius 3 is 2.60 bits per heavy atom. The first-order valence-corrected chi connectivity index (χ1v) is 8.24. The van der Waals surface area contributed by atoms with Crippen LogP contribution in [-0.4, -0.2) is 48.5 Å². The number of nitrogens with zero attached hydrogens (tertiary/aromatic N) is 2. The average Bonchev–Trinajstić information content (AvgIpc) is 2.65. The van der Waals surface area contributed by atoms with Gasteiger partial charge in [0, 0.05) is 31.7 Å². The molecule has 1 aromatic heterocycles. The van der Waals surface area contributed by atoms with Crippen LogP contribution in [0.1, 0.15) is 22.8 Å². The van der Waals surface area contributed by atoms with Crippen LogP contribution in [0.4, 0.5) is 5.69 Å². The Morgan fingerprint density at radius 1 is 1.16 bits per heavy atom. The van der Waals surface area contributed by atoms with Crippen molar-refractivity contribution in [3.63, 3.8) is 0 Å². The second-order valence-corrected chi connectivity index (χ2v) is 5.54. The zero-order valence-corrected chi connectivity index (χ0v) is 14.6. The van der Waals surface area contributed by atoms with Crippen molar-refractivity contribution in [1.29, 1.82) is 0 Å². The van der Waals surface area contributed by atoms with E-state index in [9.17, 15) is 9.59 Å². The topological polar surface area (TPSA) is 71.5 Å². The molecular formula is C19H23N3O3. The highest BCUT2D eigenvalue weighted by Crippen LogP contribution is 2.16. The Morgan fingerprint density at radius 2 is 1.88 bits per heavy atom. The minimum absolute atomic E-state index is 0.0484. The Bertz CT molecular complexity index is 704. The van der Waals surface area contributed by atoms with Gasteiger partial charge in [0.2, 0.25) is 5.91 Å². The number of nitrogens with one attached hydrogen (secondary N) is 1. The molecule has 0 spiro atoms. The van der Waals surface area contributed by atoms with E-state index in [1.165, 1.54) is 0 Å². The number of hydrogen-bond acceptors (Lipinski definition) is 5. The smallest absolute Gasteiger partial charge is 0.340 e. The number of carbonyl (C=O) groups excluding carboxylic acids is 2. The van der Waals surface area contributed by atoms with Crippen molar-refractivity contribution in [3.8, 4) is 0 Å². The van der Waals surface area contributed by atoms with E-state index in [4.69, 9.17) is 4.74 Å². The molecule has 132 valence electrons. The van der Waals surface area contributed by atoms with Crippen LogP contribution in [0.5, 0.6) is 0 Å². The summed E-state index contributed by atoms with van der Waals surface area (Å²) in [4.78, 5) is 29.9. The number of amides is 1. The molecule has 0 fully saturated rings. The summed E-state index contributed by atoms with van der Waals surface area (Å²) < 4.78 is 5.03. The van der Waals surface area contributed by atoms with Crippen molar-refractivity contribution in [2.45, 2.75) is 13.3 Å². The zero-order chi connectivity index (χ0) is 18.1. The summed E-state index contributed by atoms with van der Waals surface area (Å²) in [6.45, 7) is 2.80. The molecule has 2 aromatic rings. The lowest BCUT2D eigenvalue weighted by Crippen LogP contribution is -2.34. The number of benzene rings is 1. The maximum Gasteiger partial charge on any atom is 0.340 e. The minimum atomic E-state index is -0.399. The molecule has 2 rings (SSSR count). The molecule has 1 amide bonds. The molecule has 1 heterocycles. The number of aromatic nitrogens is 1. The molecule has 0 bridgehead atoms. The third-order valence-corrected chi connectivity index (χ3v) is 3.76. The third-order valence-electron chi connectivity index (χ3n) is 3.76. The largest absolute Gasteiger partial charge is 0.462 e. The predicted molar refractivity (Wildman–Crippen MR) is 96.5 cm³/mol. The first-order chi connectivity index (χ1) is 12.1. The Hall–Kier alpha value is -2.89. The SMILES string of the molecule is CCOC(=O)c1ccccc1NCC(=O)N(C)CCc1ccncc1. The summed E-state index contributed by atoms with van der Waals surface area (Å²) >= 11 is 0. The number of likely N-dealkylation sites (N-methyl/N-ethyl adjacent to an activating group) is 1. The normalized spacial score (nSPS) is 10.2. The van der Waals surface area contributed by atoms with E-state index >= 15 is 0 Å². The van der Waals surface area contributed by atoms with Crippen LogP contribution in [0, 0.1) is 0 Å². The van der Waals surface area contributed by atoms with Crippen molar-refractivity contribution in [1.82, 2.24) is 9.88 Å². The monoisotopic (exact) mass is 341 g/mol. The number of carbonyl (C=O) groups is 2. The lowest BCUT2D eigenvalue weighted by atomic mass is 10.1. The first kappa shape index (κ1) is 18.4. The van der Waals surface area contributed by atoms with Gasteiger partial charge in [-0.3, -0.25) is 9.78 Å². The van der Waals surface area contributed by atoms with Gasteiger partial charge in [-0.1, -0.05) is 12.1 Å². The Kier molecular flexibility index (Phi) is 6.95. The number of rotatable bonds is 8. The lowest BCUT2D eigenvalue weighted by molar-refractivity contribution is -0.128. The van der Waals surface area contributed by atoms with Crippen molar-refractivity contribution in [2.75, 3.05) is 32.1 Å². The molecule has 6 heteroatoms. The summed E-state index contributed by atoms with van der Waals surface area (Å²) in [5.41, 5.74) is 2.16. The molecule has 25 heavy (non-hydrogen) atoms. The number of anilines is 1. The van der Waals surface area contributed by atoms with E-state index in [1.807, 2.05) is 18.2 Å². The number of pyridine rings is 1. The number of hydrogen-bond donors (Lipinski definition) is 1.